The lowest BCUT2D eigenvalue weighted by Gasteiger charge is -2.31. The molecular formula is C13H21BrO2. The maximum Gasteiger partial charge on any atom is 0.171 e. The minimum Gasteiger partial charge on any atom is -0.347 e. The molecular weight excluding hydrogens is 268 g/mol. The Labute approximate surface area is 107 Å². The van der Waals surface area contributed by atoms with Gasteiger partial charge in [0, 0.05) is 17.7 Å². The molecule has 2 fully saturated rings. The van der Waals surface area contributed by atoms with Gasteiger partial charge >= 0.3 is 0 Å². The van der Waals surface area contributed by atoms with Gasteiger partial charge in [0.15, 0.2) is 5.79 Å². The van der Waals surface area contributed by atoms with Crippen LogP contribution in [-0.2, 0) is 9.47 Å². The molecule has 0 aromatic rings. The molecule has 2 rings (SSSR count). The van der Waals surface area contributed by atoms with Crippen LogP contribution in [-0.4, -0.2) is 24.3 Å². The van der Waals surface area contributed by atoms with E-state index >= 15 is 0 Å². The first-order chi connectivity index (χ1) is 7.82. The SMILES string of the molecule is CC/C=C\CC1C(CBr)CCC12OCCO2. The Morgan fingerprint density at radius 1 is 1.31 bits per heavy atom. The monoisotopic (exact) mass is 288 g/mol. The van der Waals surface area contributed by atoms with Crippen molar-refractivity contribution in [2.24, 2.45) is 11.8 Å². The molecule has 1 aliphatic carbocycles. The summed E-state index contributed by atoms with van der Waals surface area (Å²) in [6.07, 6.45) is 9.01. The van der Waals surface area contributed by atoms with E-state index in [0.717, 1.165) is 37.8 Å². The number of alkyl halides is 1. The number of halogens is 1. The van der Waals surface area contributed by atoms with Crippen molar-refractivity contribution in [1.29, 1.82) is 0 Å². The van der Waals surface area contributed by atoms with Crippen LogP contribution >= 0.6 is 15.9 Å². The summed E-state index contributed by atoms with van der Waals surface area (Å²) in [6, 6.07) is 0. The molecule has 2 unspecified atom stereocenters. The lowest BCUT2D eigenvalue weighted by atomic mass is 9.90. The number of rotatable bonds is 4. The zero-order valence-electron chi connectivity index (χ0n) is 9.95. The highest BCUT2D eigenvalue weighted by atomic mass is 79.9. The van der Waals surface area contributed by atoms with E-state index in [9.17, 15) is 0 Å². The Kier molecular flexibility index (Phi) is 4.45. The van der Waals surface area contributed by atoms with Gasteiger partial charge < -0.3 is 9.47 Å². The van der Waals surface area contributed by atoms with Crippen LogP contribution in [0.3, 0.4) is 0 Å². The first-order valence-electron chi connectivity index (χ1n) is 6.31. The molecule has 0 amide bonds. The van der Waals surface area contributed by atoms with Crippen LogP contribution in [0.4, 0.5) is 0 Å². The van der Waals surface area contributed by atoms with E-state index in [1.54, 1.807) is 0 Å². The largest absolute Gasteiger partial charge is 0.347 e. The van der Waals surface area contributed by atoms with Crippen molar-refractivity contribution in [1.82, 2.24) is 0 Å². The quantitative estimate of drug-likeness (QED) is 0.582. The second kappa shape index (κ2) is 5.65. The molecule has 1 aliphatic heterocycles. The molecule has 1 spiro atoms. The highest BCUT2D eigenvalue weighted by Crippen LogP contribution is 2.48. The smallest absolute Gasteiger partial charge is 0.171 e. The van der Waals surface area contributed by atoms with Gasteiger partial charge in [-0.25, -0.2) is 0 Å². The lowest BCUT2D eigenvalue weighted by Crippen LogP contribution is -2.36. The Morgan fingerprint density at radius 3 is 2.69 bits per heavy atom. The van der Waals surface area contributed by atoms with Crippen LogP contribution < -0.4 is 0 Å². The van der Waals surface area contributed by atoms with Crippen molar-refractivity contribution in [2.75, 3.05) is 18.5 Å². The van der Waals surface area contributed by atoms with Crippen LogP contribution in [0.2, 0.25) is 0 Å². The van der Waals surface area contributed by atoms with Crippen molar-refractivity contribution in [2.45, 2.75) is 38.4 Å². The molecule has 3 heteroatoms. The molecule has 1 saturated carbocycles. The van der Waals surface area contributed by atoms with Crippen molar-refractivity contribution in [3.63, 3.8) is 0 Å². The third kappa shape index (κ3) is 2.36. The first kappa shape index (κ1) is 12.6. The minimum atomic E-state index is -0.253. The van der Waals surface area contributed by atoms with Crippen LogP contribution in [0.5, 0.6) is 0 Å². The Balaban J connectivity index is 2.04. The van der Waals surface area contributed by atoms with E-state index in [-0.39, 0.29) is 5.79 Å². The van der Waals surface area contributed by atoms with Crippen molar-refractivity contribution in [3.8, 4) is 0 Å². The molecule has 1 heterocycles. The fraction of sp³-hybridized carbons (Fsp3) is 0.846. The second-order valence-electron chi connectivity index (χ2n) is 4.68. The van der Waals surface area contributed by atoms with Crippen molar-refractivity contribution in [3.05, 3.63) is 12.2 Å². The predicted molar refractivity (Wildman–Crippen MR) is 68.7 cm³/mol. The van der Waals surface area contributed by atoms with Crippen LogP contribution in [0.25, 0.3) is 0 Å². The summed E-state index contributed by atoms with van der Waals surface area (Å²) in [5.74, 6) is 0.966. The molecule has 2 atom stereocenters. The summed E-state index contributed by atoms with van der Waals surface area (Å²) in [5, 5.41) is 1.06. The van der Waals surface area contributed by atoms with Gasteiger partial charge in [0.1, 0.15) is 0 Å². The fourth-order valence-corrected chi connectivity index (χ4v) is 3.70. The molecule has 92 valence electrons. The van der Waals surface area contributed by atoms with Gasteiger partial charge in [0.25, 0.3) is 0 Å². The number of allylic oxidation sites excluding steroid dienone is 2. The molecule has 0 bridgehead atoms. The number of hydrogen-bond donors (Lipinski definition) is 0. The van der Waals surface area contributed by atoms with Crippen LogP contribution in [0, 0.1) is 11.8 Å². The molecule has 0 aromatic carbocycles. The van der Waals surface area contributed by atoms with E-state index in [4.69, 9.17) is 9.47 Å². The third-order valence-electron chi connectivity index (χ3n) is 3.76. The highest BCUT2D eigenvalue weighted by Gasteiger charge is 2.51. The molecule has 0 N–H and O–H groups in total. The maximum absolute atomic E-state index is 5.90. The second-order valence-corrected chi connectivity index (χ2v) is 5.33. The van der Waals surface area contributed by atoms with Gasteiger partial charge in [-0.2, -0.15) is 0 Å². The minimum absolute atomic E-state index is 0.253. The van der Waals surface area contributed by atoms with E-state index in [1.165, 1.54) is 6.42 Å². The lowest BCUT2D eigenvalue weighted by molar-refractivity contribution is -0.184. The zero-order chi connectivity index (χ0) is 11.4. The molecule has 1 saturated heterocycles. The fourth-order valence-electron chi connectivity index (χ4n) is 2.93. The molecule has 0 radical (unpaired) electrons. The summed E-state index contributed by atoms with van der Waals surface area (Å²) in [7, 11) is 0. The molecule has 16 heavy (non-hydrogen) atoms. The number of ether oxygens (including phenoxy) is 2. The predicted octanol–water partition coefficient (Wildman–Crippen LogP) is 3.51. The van der Waals surface area contributed by atoms with E-state index in [0.29, 0.717) is 11.8 Å². The standard InChI is InChI=1S/C13H21BrO2/c1-2-3-4-5-12-11(10-14)6-7-13(12)15-8-9-16-13/h3-4,11-12H,2,5-10H2,1H3/b4-3-. The van der Waals surface area contributed by atoms with E-state index in [2.05, 4.69) is 35.0 Å². The molecule has 2 aliphatic rings. The average molecular weight is 289 g/mol. The summed E-state index contributed by atoms with van der Waals surface area (Å²) >= 11 is 3.62. The van der Waals surface area contributed by atoms with E-state index in [1.807, 2.05) is 0 Å². The maximum atomic E-state index is 5.90. The Hall–Kier alpha value is 0.140. The summed E-state index contributed by atoms with van der Waals surface area (Å²) < 4.78 is 11.8. The normalized spacial score (nSPS) is 33.1. The zero-order valence-corrected chi connectivity index (χ0v) is 11.5. The van der Waals surface area contributed by atoms with Gasteiger partial charge in [-0.15, -0.1) is 0 Å². The van der Waals surface area contributed by atoms with Crippen LogP contribution in [0.1, 0.15) is 32.6 Å². The Bertz CT molecular complexity index is 246. The highest BCUT2D eigenvalue weighted by molar-refractivity contribution is 9.09. The molecule has 2 nitrogen and oxygen atoms in total. The third-order valence-corrected chi connectivity index (χ3v) is 4.60. The summed E-state index contributed by atoms with van der Waals surface area (Å²) in [5.41, 5.74) is 0. The van der Waals surface area contributed by atoms with Crippen molar-refractivity contribution < 1.29 is 9.47 Å². The van der Waals surface area contributed by atoms with Gasteiger partial charge in [0.2, 0.25) is 0 Å². The molecule has 0 aromatic heterocycles. The van der Waals surface area contributed by atoms with Gasteiger partial charge in [-0.05, 0) is 25.2 Å². The van der Waals surface area contributed by atoms with Crippen molar-refractivity contribution >= 4 is 15.9 Å². The summed E-state index contributed by atoms with van der Waals surface area (Å²) in [4.78, 5) is 0. The summed E-state index contributed by atoms with van der Waals surface area (Å²) in [6.45, 7) is 3.71. The topological polar surface area (TPSA) is 18.5 Å². The average Bonchev–Trinajstić information content (AvgIpc) is 2.89. The van der Waals surface area contributed by atoms with Gasteiger partial charge in [-0.1, -0.05) is 35.0 Å². The Morgan fingerprint density at radius 2 is 2.06 bits per heavy atom. The van der Waals surface area contributed by atoms with E-state index < -0.39 is 0 Å². The first-order valence-corrected chi connectivity index (χ1v) is 7.43. The van der Waals surface area contributed by atoms with Gasteiger partial charge in [0.05, 0.1) is 13.2 Å². The van der Waals surface area contributed by atoms with Crippen LogP contribution in [0.15, 0.2) is 12.2 Å². The number of hydrogen-bond acceptors (Lipinski definition) is 2. The van der Waals surface area contributed by atoms with Gasteiger partial charge in [-0.3, -0.25) is 0 Å².